The summed E-state index contributed by atoms with van der Waals surface area (Å²) in [4.78, 5) is 35.5. The lowest BCUT2D eigenvalue weighted by Gasteiger charge is -2.11. The van der Waals surface area contributed by atoms with E-state index in [0.29, 0.717) is 22.3 Å². The van der Waals surface area contributed by atoms with E-state index < -0.39 is 0 Å². The van der Waals surface area contributed by atoms with Crippen LogP contribution < -0.4 is 20.8 Å². The smallest absolute Gasteiger partial charge is 0.257 e. The number of likely N-dealkylation sites (N-methyl/N-ethyl adjacent to an activating group) is 1. The minimum atomic E-state index is -0.306. The van der Waals surface area contributed by atoms with Crippen LogP contribution in [0.15, 0.2) is 59.5 Å². The maximum absolute atomic E-state index is 12.4. The van der Waals surface area contributed by atoms with Crippen LogP contribution in [0.2, 0.25) is 0 Å². The highest BCUT2D eigenvalue weighted by molar-refractivity contribution is 5.91. The molecule has 1 aromatic heterocycles. The van der Waals surface area contributed by atoms with Gasteiger partial charge >= 0.3 is 0 Å². The van der Waals surface area contributed by atoms with E-state index in [1.54, 1.807) is 48.5 Å². The van der Waals surface area contributed by atoms with Crippen molar-refractivity contribution in [3.8, 4) is 5.75 Å². The standard InChI is InChI=1S/C19H18N4O4/c1-20-19(26)12-27-14-6-4-5-13(9-14)22-18(25)11-23-16-8-3-2-7-15(16)17(24)10-21-23/h2-10H,11-12H2,1H3,(H,20,26)(H,22,25). The lowest BCUT2D eigenvalue weighted by molar-refractivity contribution is -0.122. The molecule has 0 saturated carbocycles. The van der Waals surface area contributed by atoms with E-state index in [2.05, 4.69) is 15.7 Å². The summed E-state index contributed by atoms with van der Waals surface area (Å²) >= 11 is 0. The summed E-state index contributed by atoms with van der Waals surface area (Å²) in [7, 11) is 1.52. The van der Waals surface area contributed by atoms with E-state index in [-0.39, 0.29) is 30.4 Å². The highest BCUT2D eigenvalue weighted by atomic mass is 16.5. The molecule has 0 saturated heterocycles. The van der Waals surface area contributed by atoms with Crippen molar-refractivity contribution in [3.05, 3.63) is 65.0 Å². The summed E-state index contributed by atoms with van der Waals surface area (Å²) < 4.78 is 6.82. The van der Waals surface area contributed by atoms with Gasteiger partial charge in [-0.05, 0) is 24.3 Å². The Bertz CT molecular complexity index is 1050. The Hall–Kier alpha value is -3.68. The molecule has 0 aliphatic heterocycles. The summed E-state index contributed by atoms with van der Waals surface area (Å²) in [5.74, 6) is -0.0938. The van der Waals surface area contributed by atoms with Gasteiger partial charge < -0.3 is 15.4 Å². The maximum Gasteiger partial charge on any atom is 0.257 e. The molecule has 0 unspecified atom stereocenters. The molecule has 2 aromatic carbocycles. The Morgan fingerprint density at radius 2 is 1.93 bits per heavy atom. The molecular formula is C19H18N4O4. The number of para-hydroxylation sites is 1. The molecule has 1 heterocycles. The third kappa shape index (κ3) is 4.49. The van der Waals surface area contributed by atoms with E-state index in [1.165, 1.54) is 17.9 Å². The van der Waals surface area contributed by atoms with Crippen LogP contribution in [-0.2, 0) is 16.1 Å². The van der Waals surface area contributed by atoms with Crippen LogP contribution in [0, 0.1) is 0 Å². The number of hydrogen-bond donors (Lipinski definition) is 2. The monoisotopic (exact) mass is 366 g/mol. The van der Waals surface area contributed by atoms with E-state index >= 15 is 0 Å². The Morgan fingerprint density at radius 1 is 1.11 bits per heavy atom. The van der Waals surface area contributed by atoms with Crippen molar-refractivity contribution >= 4 is 28.4 Å². The molecular weight excluding hydrogens is 348 g/mol. The number of carbonyl (C=O) groups excluding carboxylic acids is 2. The van der Waals surface area contributed by atoms with Crippen LogP contribution in [0.4, 0.5) is 5.69 Å². The topological polar surface area (TPSA) is 102 Å². The number of nitrogens with one attached hydrogen (secondary N) is 2. The third-order valence-electron chi connectivity index (χ3n) is 3.82. The van der Waals surface area contributed by atoms with Gasteiger partial charge in [-0.25, -0.2) is 0 Å². The van der Waals surface area contributed by atoms with Gasteiger partial charge in [0.25, 0.3) is 5.91 Å². The first-order chi connectivity index (χ1) is 13.1. The molecule has 0 aliphatic rings. The van der Waals surface area contributed by atoms with Gasteiger partial charge in [-0.3, -0.25) is 19.1 Å². The van der Waals surface area contributed by atoms with E-state index in [1.807, 2.05) is 0 Å². The second-order valence-electron chi connectivity index (χ2n) is 5.72. The van der Waals surface area contributed by atoms with Crippen molar-refractivity contribution in [1.29, 1.82) is 0 Å². The van der Waals surface area contributed by atoms with Crippen LogP contribution in [0.3, 0.4) is 0 Å². The summed E-state index contributed by atoms with van der Waals surface area (Å²) in [6.07, 6.45) is 1.20. The number of fused-ring (bicyclic) bond motifs is 1. The summed E-state index contributed by atoms with van der Waals surface area (Å²) in [5, 5.41) is 9.76. The van der Waals surface area contributed by atoms with Gasteiger partial charge in [0.05, 0.1) is 11.7 Å². The van der Waals surface area contributed by atoms with Crippen molar-refractivity contribution in [2.45, 2.75) is 6.54 Å². The molecule has 0 fully saturated rings. The van der Waals surface area contributed by atoms with Gasteiger partial charge in [-0.2, -0.15) is 5.10 Å². The SMILES string of the molecule is CNC(=O)COc1cccc(NC(=O)Cn2ncc(=O)c3ccccc32)c1. The first-order valence-electron chi connectivity index (χ1n) is 8.25. The number of carbonyl (C=O) groups is 2. The molecule has 0 bridgehead atoms. The number of anilines is 1. The van der Waals surface area contributed by atoms with Crippen molar-refractivity contribution in [1.82, 2.24) is 15.1 Å². The Morgan fingerprint density at radius 3 is 2.74 bits per heavy atom. The van der Waals surface area contributed by atoms with Crippen LogP contribution in [0.1, 0.15) is 0 Å². The first kappa shape index (κ1) is 18.1. The third-order valence-corrected chi connectivity index (χ3v) is 3.82. The molecule has 0 aliphatic carbocycles. The van der Waals surface area contributed by atoms with Crippen molar-refractivity contribution in [2.24, 2.45) is 0 Å². The Kier molecular flexibility index (Phi) is 5.46. The minimum Gasteiger partial charge on any atom is -0.484 e. The van der Waals surface area contributed by atoms with Crippen LogP contribution >= 0.6 is 0 Å². The lowest BCUT2D eigenvalue weighted by atomic mass is 10.2. The Labute approximate surface area is 154 Å². The highest BCUT2D eigenvalue weighted by Crippen LogP contribution is 2.17. The number of rotatable bonds is 6. The second kappa shape index (κ2) is 8.13. The largest absolute Gasteiger partial charge is 0.484 e. The number of aromatic nitrogens is 2. The fraction of sp³-hybridized carbons (Fsp3) is 0.158. The zero-order valence-corrected chi connectivity index (χ0v) is 14.6. The zero-order valence-electron chi connectivity index (χ0n) is 14.6. The van der Waals surface area contributed by atoms with Crippen molar-refractivity contribution < 1.29 is 14.3 Å². The van der Waals surface area contributed by atoms with Gasteiger partial charge in [0, 0.05) is 24.2 Å². The minimum absolute atomic E-state index is 0.0515. The molecule has 0 spiro atoms. The molecule has 3 rings (SSSR count). The number of amides is 2. The van der Waals surface area contributed by atoms with Crippen molar-refractivity contribution in [3.63, 3.8) is 0 Å². The molecule has 3 aromatic rings. The van der Waals surface area contributed by atoms with Gasteiger partial charge in [-0.1, -0.05) is 18.2 Å². The Balaban J connectivity index is 1.71. The predicted molar refractivity (Wildman–Crippen MR) is 101 cm³/mol. The first-order valence-corrected chi connectivity index (χ1v) is 8.25. The fourth-order valence-electron chi connectivity index (χ4n) is 2.51. The van der Waals surface area contributed by atoms with Crippen LogP contribution in [0.25, 0.3) is 10.9 Å². The van der Waals surface area contributed by atoms with Gasteiger partial charge in [0.2, 0.25) is 11.3 Å². The molecule has 2 N–H and O–H groups in total. The normalized spacial score (nSPS) is 10.4. The van der Waals surface area contributed by atoms with Gasteiger partial charge in [0.1, 0.15) is 12.3 Å². The fourth-order valence-corrected chi connectivity index (χ4v) is 2.51. The highest BCUT2D eigenvalue weighted by Gasteiger charge is 2.09. The van der Waals surface area contributed by atoms with Gasteiger partial charge in [-0.15, -0.1) is 0 Å². The summed E-state index contributed by atoms with van der Waals surface area (Å²) in [5.41, 5.74) is 0.922. The zero-order chi connectivity index (χ0) is 19.2. The average molecular weight is 366 g/mol. The van der Waals surface area contributed by atoms with E-state index in [4.69, 9.17) is 4.74 Å². The number of benzene rings is 2. The second-order valence-corrected chi connectivity index (χ2v) is 5.72. The molecule has 27 heavy (non-hydrogen) atoms. The lowest BCUT2D eigenvalue weighted by Crippen LogP contribution is -2.25. The predicted octanol–water partition coefficient (Wildman–Crippen LogP) is 1.16. The van der Waals surface area contributed by atoms with E-state index in [0.717, 1.165) is 0 Å². The molecule has 8 nitrogen and oxygen atoms in total. The number of hydrogen-bond acceptors (Lipinski definition) is 5. The van der Waals surface area contributed by atoms with Crippen LogP contribution in [-0.4, -0.2) is 35.2 Å². The van der Waals surface area contributed by atoms with Crippen molar-refractivity contribution in [2.75, 3.05) is 19.0 Å². The molecule has 8 heteroatoms. The molecule has 0 atom stereocenters. The molecule has 138 valence electrons. The molecule has 0 radical (unpaired) electrons. The van der Waals surface area contributed by atoms with Gasteiger partial charge in [0.15, 0.2) is 6.61 Å². The number of ether oxygens (including phenoxy) is 1. The van der Waals surface area contributed by atoms with Crippen LogP contribution in [0.5, 0.6) is 5.75 Å². The summed E-state index contributed by atoms with van der Waals surface area (Å²) in [6.45, 7) is -0.161. The average Bonchev–Trinajstić information content (AvgIpc) is 2.69. The number of nitrogens with zero attached hydrogens (tertiary/aromatic N) is 2. The summed E-state index contributed by atoms with van der Waals surface area (Å²) in [6, 6.07) is 13.7. The quantitative estimate of drug-likeness (QED) is 0.682. The maximum atomic E-state index is 12.4. The van der Waals surface area contributed by atoms with E-state index in [9.17, 15) is 14.4 Å². The molecule has 2 amide bonds.